The lowest BCUT2D eigenvalue weighted by molar-refractivity contribution is -0.137. The number of hydrogen-bond acceptors (Lipinski definition) is 3. The summed E-state index contributed by atoms with van der Waals surface area (Å²) in [6, 6.07) is 0. The first-order valence-corrected chi connectivity index (χ1v) is 4.68. The normalized spacial score (nSPS) is 26.5. The Kier molecular flexibility index (Phi) is 2.93. The van der Waals surface area contributed by atoms with Crippen molar-refractivity contribution in [1.82, 2.24) is 4.90 Å². The highest BCUT2D eigenvalue weighted by Gasteiger charge is 2.22. The van der Waals surface area contributed by atoms with Gasteiger partial charge in [-0.2, -0.15) is 0 Å². The summed E-state index contributed by atoms with van der Waals surface area (Å²) in [4.78, 5) is 22.9. The van der Waals surface area contributed by atoms with Gasteiger partial charge in [-0.15, -0.1) is 11.8 Å². The van der Waals surface area contributed by atoms with E-state index in [-0.39, 0.29) is 11.2 Å². The molecular weight excluding hydrogens is 162 g/mol. The second-order valence-corrected chi connectivity index (χ2v) is 3.95. The van der Waals surface area contributed by atoms with Crippen LogP contribution in [-0.4, -0.2) is 34.8 Å². The Balaban J connectivity index is 2.63. The molecule has 0 aromatic heterocycles. The number of imide groups is 1. The summed E-state index contributed by atoms with van der Waals surface area (Å²) in [5, 5.41) is -0.0531. The van der Waals surface area contributed by atoms with Gasteiger partial charge in [0.15, 0.2) is 0 Å². The number of hydrogen-bond donors (Lipinski definition) is 0. The molecule has 2 amide bonds. The van der Waals surface area contributed by atoms with Gasteiger partial charge in [0.05, 0.1) is 5.25 Å². The molecule has 1 heterocycles. The van der Waals surface area contributed by atoms with E-state index in [0.717, 1.165) is 12.2 Å². The first kappa shape index (κ1) is 8.59. The number of carbonyl (C=O) groups is 2. The molecule has 4 heteroatoms. The van der Waals surface area contributed by atoms with Crippen LogP contribution < -0.4 is 0 Å². The average molecular weight is 173 g/mol. The van der Waals surface area contributed by atoms with Crippen molar-refractivity contribution >= 4 is 24.1 Å². The maximum atomic E-state index is 11.3. The van der Waals surface area contributed by atoms with Crippen molar-refractivity contribution in [2.24, 2.45) is 0 Å². The van der Waals surface area contributed by atoms with Gasteiger partial charge in [0.25, 0.3) is 0 Å². The van der Waals surface area contributed by atoms with Gasteiger partial charge < -0.3 is 0 Å². The van der Waals surface area contributed by atoms with Crippen LogP contribution in [0.4, 0.5) is 0 Å². The summed E-state index contributed by atoms with van der Waals surface area (Å²) < 4.78 is 0. The predicted octanol–water partition coefficient (Wildman–Crippen LogP) is 0.497. The van der Waals surface area contributed by atoms with Crippen LogP contribution in [0.1, 0.15) is 13.3 Å². The minimum absolute atomic E-state index is 0.0531. The van der Waals surface area contributed by atoms with Crippen molar-refractivity contribution in [2.75, 3.05) is 12.3 Å². The zero-order chi connectivity index (χ0) is 8.27. The maximum Gasteiger partial charge on any atom is 0.241 e. The highest BCUT2D eigenvalue weighted by atomic mass is 32.2. The molecule has 1 fully saturated rings. The van der Waals surface area contributed by atoms with Crippen molar-refractivity contribution in [3.8, 4) is 0 Å². The molecule has 0 radical (unpaired) electrons. The highest BCUT2D eigenvalue weighted by molar-refractivity contribution is 8.00. The number of carbonyl (C=O) groups excluding carboxylic acids is 2. The molecule has 1 aliphatic rings. The van der Waals surface area contributed by atoms with Crippen LogP contribution >= 0.6 is 11.8 Å². The van der Waals surface area contributed by atoms with E-state index in [4.69, 9.17) is 0 Å². The molecule has 11 heavy (non-hydrogen) atoms. The van der Waals surface area contributed by atoms with Crippen molar-refractivity contribution in [3.63, 3.8) is 0 Å². The molecule has 0 aliphatic carbocycles. The first-order valence-electron chi connectivity index (χ1n) is 3.63. The predicted molar refractivity (Wildman–Crippen MR) is 44.3 cm³/mol. The Hall–Kier alpha value is -0.510. The number of nitrogens with zero attached hydrogens (tertiary/aromatic N) is 1. The summed E-state index contributed by atoms with van der Waals surface area (Å²) in [7, 11) is 0. The molecule has 0 aromatic rings. The molecule has 1 aliphatic heterocycles. The van der Waals surface area contributed by atoms with Crippen LogP contribution in [0.15, 0.2) is 0 Å². The summed E-state index contributed by atoms with van der Waals surface area (Å²) in [6.07, 6.45) is 1.55. The molecule has 3 nitrogen and oxygen atoms in total. The molecule has 1 atom stereocenters. The fourth-order valence-electron chi connectivity index (χ4n) is 1.01. The van der Waals surface area contributed by atoms with Gasteiger partial charge in [-0.3, -0.25) is 14.5 Å². The molecule has 0 N–H and O–H groups in total. The van der Waals surface area contributed by atoms with Gasteiger partial charge in [-0.25, -0.2) is 0 Å². The minimum Gasteiger partial charge on any atom is -0.284 e. The molecule has 62 valence electrons. The van der Waals surface area contributed by atoms with Crippen molar-refractivity contribution in [3.05, 3.63) is 0 Å². The third-order valence-electron chi connectivity index (χ3n) is 1.67. The SMILES string of the molecule is CC1SCCCN(C=O)C1=O. The monoisotopic (exact) mass is 173 g/mol. The van der Waals surface area contributed by atoms with Crippen LogP contribution in [0, 0.1) is 0 Å². The van der Waals surface area contributed by atoms with Gasteiger partial charge in [-0.05, 0) is 19.1 Å². The van der Waals surface area contributed by atoms with Crippen LogP contribution in [0.3, 0.4) is 0 Å². The standard InChI is InChI=1S/C7H11NO2S/c1-6-7(10)8(5-9)3-2-4-11-6/h5-6H,2-4H2,1H3. The lowest BCUT2D eigenvalue weighted by Gasteiger charge is -2.13. The second kappa shape index (κ2) is 3.76. The Morgan fingerprint density at radius 1 is 1.73 bits per heavy atom. The van der Waals surface area contributed by atoms with E-state index < -0.39 is 0 Å². The van der Waals surface area contributed by atoms with Crippen LogP contribution in [0.25, 0.3) is 0 Å². The zero-order valence-electron chi connectivity index (χ0n) is 6.45. The molecular formula is C7H11NO2S. The zero-order valence-corrected chi connectivity index (χ0v) is 7.26. The Bertz CT molecular complexity index is 172. The summed E-state index contributed by atoms with van der Waals surface area (Å²) in [6.45, 7) is 2.43. The fraction of sp³-hybridized carbons (Fsp3) is 0.714. The molecule has 0 saturated carbocycles. The van der Waals surface area contributed by atoms with Crippen LogP contribution in [-0.2, 0) is 9.59 Å². The quantitative estimate of drug-likeness (QED) is 0.542. The number of amides is 2. The van der Waals surface area contributed by atoms with Crippen LogP contribution in [0.5, 0.6) is 0 Å². The van der Waals surface area contributed by atoms with Gasteiger partial charge in [0, 0.05) is 6.54 Å². The smallest absolute Gasteiger partial charge is 0.241 e. The third kappa shape index (κ3) is 1.96. The molecule has 0 aromatic carbocycles. The van der Waals surface area contributed by atoms with Gasteiger partial charge in [-0.1, -0.05) is 0 Å². The van der Waals surface area contributed by atoms with E-state index in [1.54, 1.807) is 11.8 Å². The molecule has 1 rings (SSSR count). The second-order valence-electron chi connectivity index (χ2n) is 2.50. The van der Waals surface area contributed by atoms with E-state index in [0.29, 0.717) is 13.0 Å². The van der Waals surface area contributed by atoms with Crippen molar-refractivity contribution < 1.29 is 9.59 Å². The van der Waals surface area contributed by atoms with Gasteiger partial charge in [0.1, 0.15) is 0 Å². The fourth-order valence-corrected chi connectivity index (χ4v) is 1.94. The minimum atomic E-state index is -0.0532. The summed E-state index contributed by atoms with van der Waals surface area (Å²) >= 11 is 1.62. The van der Waals surface area contributed by atoms with Crippen molar-refractivity contribution in [2.45, 2.75) is 18.6 Å². The van der Waals surface area contributed by atoms with E-state index in [9.17, 15) is 9.59 Å². The Morgan fingerprint density at radius 2 is 2.45 bits per heavy atom. The third-order valence-corrected chi connectivity index (χ3v) is 2.90. The topological polar surface area (TPSA) is 37.4 Å². The lowest BCUT2D eigenvalue weighted by Crippen LogP contribution is -2.34. The molecule has 1 unspecified atom stereocenters. The van der Waals surface area contributed by atoms with Gasteiger partial charge >= 0.3 is 0 Å². The largest absolute Gasteiger partial charge is 0.284 e. The van der Waals surface area contributed by atoms with E-state index in [1.165, 1.54) is 4.90 Å². The van der Waals surface area contributed by atoms with Gasteiger partial charge in [0.2, 0.25) is 12.3 Å². The number of rotatable bonds is 1. The molecule has 1 saturated heterocycles. The number of thioether (sulfide) groups is 1. The molecule has 0 spiro atoms. The first-order chi connectivity index (χ1) is 5.25. The van der Waals surface area contributed by atoms with Crippen molar-refractivity contribution in [1.29, 1.82) is 0 Å². The van der Waals surface area contributed by atoms with E-state index in [2.05, 4.69) is 0 Å². The van der Waals surface area contributed by atoms with Crippen LogP contribution in [0.2, 0.25) is 0 Å². The van der Waals surface area contributed by atoms with E-state index in [1.807, 2.05) is 6.92 Å². The Labute approximate surface area is 70.1 Å². The summed E-state index contributed by atoms with van der Waals surface area (Å²) in [5.74, 6) is 0.916. The average Bonchev–Trinajstić information content (AvgIpc) is 2.16. The highest BCUT2D eigenvalue weighted by Crippen LogP contribution is 2.17. The maximum absolute atomic E-state index is 11.3. The van der Waals surface area contributed by atoms with E-state index >= 15 is 0 Å². The lowest BCUT2D eigenvalue weighted by atomic mass is 10.4. The Morgan fingerprint density at radius 3 is 3.09 bits per heavy atom. The molecule has 0 bridgehead atoms. The summed E-state index contributed by atoms with van der Waals surface area (Å²) in [5.41, 5.74) is 0.